The van der Waals surface area contributed by atoms with Crippen LogP contribution in [0.1, 0.15) is 52.0 Å². The molecule has 2 aliphatic heterocycles. The number of nitrogens with zero attached hydrogens (tertiary/aromatic N) is 2. The van der Waals surface area contributed by atoms with Gasteiger partial charge in [-0.2, -0.15) is 4.99 Å². The second kappa shape index (κ2) is 7.95. The Labute approximate surface area is 166 Å². The summed E-state index contributed by atoms with van der Waals surface area (Å²) in [6.07, 6.45) is 1.53. The van der Waals surface area contributed by atoms with Crippen LogP contribution in [0.2, 0.25) is 0 Å². The van der Waals surface area contributed by atoms with Gasteiger partial charge in [0.25, 0.3) is 5.91 Å². The molecule has 5 nitrogen and oxygen atoms in total. The maximum atomic E-state index is 12.7. The minimum Gasteiger partial charge on any atom is -0.315 e. The number of sulfone groups is 1. The summed E-state index contributed by atoms with van der Waals surface area (Å²) in [7, 11) is -3.06. The topological polar surface area (TPSA) is 66.8 Å². The number of amidine groups is 1. The van der Waals surface area contributed by atoms with E-state index in [1.807, 2.05) is 36.9 Å². The standard InChI is InChI=1S/C20H28N2O3S2/c1-5-14(6-2)19(23)21-20-22(16-10-8-7-9-15(16)13(3)4)17-11-27(24,25)12-18(17)26-20/h7-10,13-14,17-18H,5-6,11-12H2,1-4H3. The smallest absolute Gasteiger partial charge is 0.251 e. The highest BCUT2D eigenvalue weighted by Crippen LogP contribution is 2.43. The van der Waals surface area contributed by atoms with Crippen LogP contribution in [0.4, 0.5) is 5.69 Å². The zero-order valence-corrected chi connectivity index (χ0v) is 18.0. The number of amides is 1. The summed E-state index contributed by atoms with van der Waals surface area (Å²) in [5, 5.41) is 0.591. The van der Waals surface area contributed by atoms with Gasteiger partial charge in [0, 0.05) is 16.9 Å². The molecule has 2 aliphatic rings. The Morgan fingerprint density at radius 3 is 2.52 bits per heavy atom. The lowest BCUT2D eigenvalue weighted by molar-refractivity contribution is -0.121. The highest BCUT2D eigenvalue weighted by molar-refractivity contribution is 8.16. The normalized spacial score (nSPS) is 25.6. The molecular formula is C20H28N2O3S2. The van der Waals surface area contributed by atoms with E-state index < -0.39 is 9.84 Å². The van der Waals surface area contributed by atoms with Crippen LogP contribution in [0.5, 0.6) is 0 Å². The average molecular weight is 409 g/mol. The third-order valence-electron chi connectivity index (χ3n) is 5.43. The van der Waals surface area contributed by atoms with E-state index in [0.29, 0.717) is 11.1 Å². The first kappa shape index (κ1) is 20.4. The number of anilines is 1. The summed E-state index contributed by atoms with van der Waals surface area (Å²) >= 11 is 1.45. The number of carbonyl (C=O) groups excluding carboxylic acids is 1. The van der Waals surface area contributed by atoms with E-state index in [0.717, 1.165) is 24.1 Å². The molecule has 1 aromatic carbocycles. The fraction of sp³-hybridized carbons (Fsp3) is 0.600. The van der Waals surface area contributed by atoms with E-state index >= 15 is 0 Å². The first-order valence-corrected chi connectivity index (χ1v) is 12.3. The number of rotatable bonds is 5. The van der Waals surface area contributed by atoms with E-state index in [4.69, 9.17) is 0 Å². The van der Waals surface area contributed by atoms with Gasteiger partial charge in [0.1, 0.15) is 0 Å². The summed E-state index contributed by atoms with van der Waals surface area (Å²) in [4.78, 5) is 19.2. The van der Waals surface area contributed by atoms with Gasteiger partial charge in [0.05, 0.1) is 17.5 Å². The van der Waals surface area contributed by atoms with Crippen LogP contribution in [0.3, 0.4) is 0 Å². The van der Waals surface area contributed by atoms with E-state index in [9.17, 15) is 13.2 Å². The quantitative estimate of drug-likeness (QED) is 0.740. The van der Waals surface area contributed by atoms with Gasteiger partial charge in [-0.15, -0.1) is 0 Å². The molecule has 0 aliphatic carbocycles. The van der Waals surface area contributed by atoms with Crippen molar-refractivity contribution in [3.05, 3.63) is 29.8 Å². The van der Waals surface area contributed by atoms with E-state index in [2.05, 4.69) is 24.9 Å². The third-order valence-corrected chi connectivity index (χ3v) is 8.64. The van der Waals surface area contributed by atoms with Crippen LogP contribution in [0.25, 0.3) is 0 Å². The number of thioether (sulfide) groups is 1. The van der Waals surface area contributed by atoms with Gasteiger partial charge in [-0.25, -0.2) is 8.42 Å². The van der Waals surface area contributed by atoms with Gasteiger partial charge in [0.15, 0.2) is 15.0 Å². The fourth-order valence-electron chi connectivity index (χ4n) is 3.86. The van der Waals surface area contributed by atoms with Crippen LogP contribution >= 0.6 is 11.8 Å². The lowest BCUT2D eigenvalue weighted by Gasteiger charge is -2.28. The van der Waals surface area contributed by atoms with E-state index in [-0.39, 0.29) is 34.6 Å². The van der Waals surface area contributed by atoms with Crippen LogP contribution in [0, 0.1) is 5.92 Å². The number of hydrogen-bond acceptors (Lipinski definition) is 4. The largest absolute Gasteiger partial charge is 0.315 e. The van der Waals surface area contributed by atoms with Crippen molar-refractivity contribution in [2.75, 3.05) is 16.4 Å². The highest BCUT2D eigenvalue weighted by atomic mass is 32.2. The molecule has 1 aromatic rings. The maximum Gasteiger partial charge on any atom is 0.251 e. The van der Waals surface area contributed by atoms with Crippen molar-refractivity contribution in [1.29, 1.82) is 0 Å². The number of para-hydroxylation sites is 1. The van der Waals surface area contributed by atoms with Crippen LogP contribution in [-0.4, -0.2) is 42.3 Å². The van der Waals surface area contributed by atoms with Crippen molar-refractivity contribution in [2.24, 2.45) is 10.9 Å². The van der Waals surface area contributed by atoms with Crippen LogP contribution in [0.15, 0.2) is 29.3 Å². The molecule has 0 bridgehead atoms. The van der Waals surface area contributed by atoms with E-state index in [1.165, 1.54) is 11.8 Å². The molecule has 0 saturated carbocycles. The Kier molecular flexibility index (Phi) is 6.01. The second-order valence-electron chi connectivity index (χ2n) is 7.63. The van der Waals surface area contributed by atoms with Crippen molar-refractivity contribution in [3.63, 3.8) is 0 Å². The Morgan fingerprint density at radius 1 is 1.22 bits per heavy atom. The van der Waals surface area contributed by atoms with Gasteiger partial charge >= 0.3 is 0 Å². The lowest BCUT2D eigenvalue weighted by atomic mass is 9.99. The predicted octanol–water partition coefficient (Wildman–Crippen LogP) is 3.85. The summed E-state index contributed by atoms with van der Waals surface area (Å²) in [5.41, 5.74) is 2.12. The third kappa shape index (κ3) is 4.09. The summed E-state index contributed by atoms with van der Waals surface area (Å²) < 4.78 is 24.4. The summed E-state index contributed by atoms with van der Waals surface area (Å²) in [5.74, 6) is 0.386. The minimum atomic E-state index is -3.06. The summed E-state index contributed by atoms with van der Waals surface area (Å²) in [6, 6.07) is 7.88. The molecule has 2 heterocycles. The van der Waals surface area contributed by atoms with Gasteiger partial charge in [-0.3, -0.25) is 4.79 Å². The molecule has 2 saturated heterocycles. The maximum absolute atomic E-state index is 12.7. The molecule has 0 aromatic heterocycles. The Balaban J connectivity index is 2.06. The SMILES string of the molecule is CCC(CC)C(=O)N=C1SC2CS(=O)(=O)CC2N1c1ccccc1C(C)C. The van der Waals surface area contributed by atoms with E-state index in [1.54, 1.807) is 0 Å². The number of aliphatic imine (C=N–C) groups is 1. The van der Waals surface area contributed by atoms with Crippen molar-refractivity contribution >= 4 is 38.4 Å². The monoisotopic (exact) mass is 408 g/mol. The van der Waals surface area contributed by atoms with Crippen molar-refractivity contribution < 1.29 is 13.2 Å². The molecule has 0 spiro atoms. The van der Waals surface area contributed by atoms with Crippen LogP contribution < -0.4 is 4.90 Å². The molecule has 3 rings (SSSR count). The highest BCUT2D eigenvalue weighted by Gasteiger charge is 2.49. The first-order valence-electron chi connectivity index (χ1n) is 9.65. The van der Waals surface area contributed by atoms with Gasteiger partial charge < -0.3 is 4.90 Å². The molecule has 27 heavy (non-hydrogen) atoms. The van der Waals surface area contributed by atoms with Gasteiger partial charge in [-0.1, -0.05) is 57.7 Å². The first-order chi connectivity index (χ1) is 12.8. The Bertz CT molecular complexity index is 845. The molecule has 148 valence electrons. The van der Waals surface area contributed by atoms with Crippen molar-refractivity contribution in [3.8, 4) is 0 Å². The second-order valence-corrected chi connectivity index (χ2v) is 11.0. The molecule has 2 unspecified atom stereocenters. The zero-order chi connectivity index (χ0) is 19.8. The number of fused-ring (bicyclic) bond motifs is 1. The zero-order valence-electron chi connectivity index (χ0n) is 16.4. The molecule has 2 atom stereocenters. The average Bonchev–Trinajstić information content (AvgIpc) is 3.06. The van der Waals surface area contributed by atoms with Crippen LogP contribution in [-0.2, 0) is 14.6 Å². The number of carbonyl (C=O) groups is 1. The Morgan fingerprint density at radius 2 is 1.89 bits per heavy atom. The van der Waals surface area contributed by atoms with Crippen molar-refractivity contribution in [2.45, 2.75) is 57.7 Å². The molecule has 0 N–H and O–H groups in total. The molecule has 0 radical (unpaired) electrons. The fourth-order valence-corrected chi connectivity index (χ4v) is 7.78. The van der Waals surface area contributed by atoms with Gasteiger partial charge in [0.2, 0.25) is 0 Å². The molecule has 7 heteroatoms. The number of hydrogen-bond donors (Lipinski definition) is 0. The van der Waals surface area contributed by atoms with Crippen molar-refractivity contribution in [1.82, 2.24) is 0 Å². The molecule has 2 fully saturated rings. The number of benzene rings is 1. The lowest BCUT2D eigenvalue weighted by Crippen LogP contribution is -2.38. The minimum absolute atomic E-state index is 0.0662. The van der Waals surface area contributed by atoms with Gasteiger partial charge in [-0.05, 0) is 30.4 Å². The Hall–Kier alpha value is -1.34. The predicted molar refractivity (Wildman–Crippen MR) is 113 cm³/mol. The summed E-state index contributed by atoms with van der Waals surface area (Å²) in [6.45, 7) is 8.25. The molecular weight excluding hydrogens is 380 g/mol. The molecule has 1 amide bonds.